The minimum absolute atomic E-state index is 0.141. The summed E-state index contributed by atoms with van der Waals surface area (Å²) in [7, 11) is 0. The second-order valence-corrected chi connectivity index (χ2v) is 9.32. The van der Waals surface area contributed by atoms with E-state index in [1.807, 2.05) is 101 Å². The summed E-state index contributed by atoms with van der Waals surface area (Å²) in [6.45, 7) is 0. The molecule has 0 amide bonds. The zero-order valence-electron chi connectivity index (χ0n) is 20.4. The summed E-state index contributed by atoms with van der Waals surface area (Å²) in [6, 6.07) is 36.6. The van der Waals surface area contributed by atoms with Crippen LogP contribution in [0.4, 0.5) is 10.1 Å². The van der Waals surface area contributed by atoms with E-state index in [0.717, 1.165) is 44.9 Å². The Morgan fingerprint density at radius 1 is 0.763 bits per heavy atom. The number of anilines is 1. The van der Waals surface area contributed by atoms with Crippen LogP contribution in [0, 0.1) is 5.82 Å². The van der Waals surface area contributed by atoms with E-state index < -0.39 is 0 Å². The second-order valence-electron chi connectivity index (χ2n) is 9.32. The van der Waals surface area contributed by atoms with E-state index in [9.17, 15) is 4.39 Å². The molecule has 0 bridgehead atoms. The Balaban J connectivity index is 1.39. The Labute approximate surface area is 219 Å². The van der Waals surface area contributed by atoms with Gasteiger partial charge in [-0.15, -0.1) is 0 Å². The Morgan fingerprint density at radius 3 is 2.18 bits per heavy atom. The fourth-order valence-electron chi connectivity index (χ4n) is 5.02. The van der Waals surface area contributed by atoms with Crippen molar-refractivity contribution in [2.45, 2.75) is 12.5 Å². The first kappa shape index (κ1) is 22.2. The minimum atomic E-state index is -0.264. The molecule has 1 aliphatic heterocycles. The standard InChI is InChI=1S/C32H23FN4O/c33-24-17-15-22(16-18-24)28-20-29(37(34-28)26-12-5-2-6-13-26)27-21-36(25-10-3-1-4-11-25)35-32(27)31-19-23-9-7-8-14-30(23)38-31/h1-19,21,29H,20H2/t29-/m0/s1. The van der Waals surface area contributed by atoms with Crippen molar-refractivity contribution in [2.75, 3.05) is 5.01 Å². The Bertz CT molecular complexity index is 1720. The summed E-state index contributed by atoms with van der Waals surface area (Å²) in [5.74, 6) is 0.444. The highest BCUT2D eigenvalue weighted by Crippen LogP contribution is 2.41. The molecule has 0 aliphatic carbocycles. The van der Waals surface area contributed by atoms with Crippen LogP contribution in [0.3, 0.4) is 0 Å². The quantitative estimate of drug-likeness (QED) is 0.244. The molecule has 7 rings (SSSR count). The van der Waals surface area contributed by atoms with Crippen molar-refractivity contribution in [1.82, 2.24) is 9.78 Å². The number of halogens is 1. The number of hydrogen-bond donors (Lipinski definition) is 0. The van der Waals surface area contributed by atoms with Crippen LogP contribution in [0.15, 0.2) is 131 Å². The summed E-state index contributed by atoms with van der Waals surface area (Å²) in [4.78, 5) is 0. The molecule has 6 aromatic rings. The molecule has 2 aromatic heterocycles. The van der Waals surface area contributed by atoms with Crippen molar-refractivity contribution in [1.29, 1.82) is 0 Å². The molecule has 0 unspecified atom stereocenters. The summed E-state index contributed by atoms with van der Waals surface area (Å²) in [5, 5.41) is 13.1. The van der Waals surface area contributed by atoms with Crippen LogP contribution >= 0.6 is 0 Å². The predicted octanol–water partition coefficient (Wildman–Crippen LogP) is 7.78. The lowest BCUT2D eigenvalue weighted by molar-refractivity contribution is 0.623. The Morgan fingerprint density at radius 2 is 1.45 bits per heavy atom. The van der Waals surface area contributed by atoms with Crippen LogP contribution in [0.5, 0.6) is 0 Å². The summed E-state index contributed by atoms with van der Waals surface area (Å²) >= 11 is 0. The van der Waals surface area contributed by atoms with Crippen molar-refractivity contribution in [3.05, 3.63) is 138 Å². The third-order valence-corrected chi connectivity index (χ3v) is 6.89. The average molecular weight is 499 g/mol. The topological polar surface area (TPSA) is 46.6 Å². The van der Waals surface area contributed by atoms with Crippen LogP contribution in [-0.2, 0) is 0 Å². The van der Waals surface area contributed by atoms with Gasteiger partial charge in [0.2, 0.25) is 0 Å². The Kier molecular flexibility index (Phi) is 5.36. The van der Waals surface area contributed by atoms with Gasteiger partial charge in [0.15, 0.2) is 5.76 Å². The molecular formula is C32H23FN4O. The predicted molar refractivity (Wildman–Crippen MR) is 148 cm³/mol. The first-order chi connectivity index (χ1) is 18.7. The van der Waals surface area contributed by atoms with Gasteiger partial charge in [-0.3, -0.25) is 5.01 Å². The second kappa shape index (κ2) is 9.16. The number of rotatable bonds is 5. The van der Waals surface area contributed by atoms with Gasteiger partial charge in [0, 0.05) is 23.6 Å². The molecule has 3 heterocycles. The van der Waals surface area contributed by atoms with E-state index in [1.54, 1.807) is 12.1 Å². The molecule has 0 fully saturated rings. The van der Waals surface area contributed by atoms with E-state index in [-0.39, 0.29) is 11.9 Å². The highest BCUT2D eigenvalue weighted by Gasteiger charge is 2.34. The number of benzene rings is 4. The number of hydrazone groups is 1. The summed E-state index contributed by atoms with van der Waals surface area (Å²) < 4.78 is 21.9. The van der Waals surface area contributed by atoms with Crippen molar-refractivity contribution in [3.63, 3.8) is 0 Å². The van der Waals surface area contributed by atoms with E-state index in [4.69, 9.17) is 14.6 Å². The molecule has 0 radical (unpaired) electrons. The van der Waals surface area contributed by atoms with E-state index in [0.29, 0.717) is 12.2 Å². The molecule has 0 spiro atoms. The largest absolute Gasteiger partial charge is 0.454 e. The number of aromatic nitrogens is 2. The number of para-hydroxylation sites is 3. The van der Waals surface area contributed by atoms with Gasteiger partial charge in [-0.2, -0.15) is 10.2 Å². The number of hydrogen-bond acceptors (Lipinski definition) is 4. The van der Waals surface area contributed by atoms with E-state index >= 15 is 0 Å². The fourth-order valence-corrected chi connectivity index (χ4v) is 5.02. The smallest absolute Gasteiger partial charge is 0.156 e. The van der Waals surface area contributed by atoms with Gasteiger partial charge in [-0.05, 0) is 54.1 Å². The van der Waals surface area contributed by atoms with Gasteiger partial charge in [0.05, 0.1) is 23.1 Å². The maximum Gasteiger partial charge on any atom is 0.156 e. The molecule has 0 N–H and O–H groups in total. The van der Waals surface area contributed by atoms with Crippen LogP contribution in [0.1, 0.15) is 23.6 Å². The molecular weight excluding hydrogens is 475 g/mol. The maximum atomic E-state index is 13.7. The van der Waals surface area contributed by atoms with Gasteiger partial charge in [0.25, 0.3) is 0 Å². The van der Waals surface area contributed by atoms with E-state index in [2.05, 4.69) is 6.20 Å². The molecule has 0 saturated carbocycles. The molecule has 184 valence electrons. The Hall–Kier alpha value is -4.97. The SMILES string of the molecule is Fc1ccc(C2=NN(c3ccccc3)[C@H](c3cn(-c4ccccc4)nc3-c3cc4ccccc4o3)C2)cc1. The number of nitrogens with zero attached hydrogens (tertiary/aromatic N) is 4. The third kappa shape index (κ3) is 3.96. The van der Waals surface area contributed by atoms with Crippen LogP contribution in [0.25, 0.3) is 28.1 Å². The highest BCUT2D eigenvalue weighted by atomic mass is 19.1. The van der Waals surface area contributed by atoms with Gasteiger partial charge in [-0.25, -0.2) is 9.07 Å². The fraction of sp³-hybridized carbons (Fsp3) is 0.0625. The molecule has 6 heteroatoms. The van der Waals surface area contributed by atoms with Crippen molar-refractivity contribution >= 4 is 22.4 Å². The normalized spacial score (nSPS) is 15.2. The first-order valence-electron chi connectivity index (χ1n) is 12.5. The zero-order valence-corrected chi connectivity index (χ0v) is 20.4. The zero-order chi connectivity index (χ0) is 25.5. The lowest BCUT2D eigenvalue weighted by atomic mass is 9.97. The minimum Gasteiger partial charge on any atom is -0.454 e. The van der Waals surface area contributed by atoms with Crippen LogP contribution in [0.2, 0.25) is 0 Å². The summed E-state index contributed by atoms with van der Waals surface area (Å²) in [6.07, 6.45) is 2.70. The summed E-state index contributed by atoms with van der Waals surface area (Å²) in [5.41, 5.74) is 6.30. The monoisotopic (exact) mass is 498 g/mol. The third-order valence-electron chi connectivity index (χ3n) is 6.89. The highest BCUT2D eigenvalue weighted by molar-refractivity contribution is 6.03. The van der Waals surface area contributed by atoms with Gasteiger partial charge in [-0.1, -0.05) is 66.7 Å². The lowest BCUT2D eigenvalue weighted by Crippen LogP contribution is -2.18. The molecule has 1 atom stereocenters. The molecule has 38 heavy (non-hydrogen) atoms. The van der Waals surface area contributed by atoms with E-state index in [1.165, 1.54) is 12.1 Å². The molecule has 1 aliphatic rings. The molecule has 4 aromatic carbocycles. The van der Waals surface area contributed by atoms with Gasteiger partial charge < -0.3 is 4.42 Å². The molecule has 5 nitrogen and oxygen atoms in total. The van der Waals surface area contributed by atoms with Crippen LogP contribution in [-0.4, -0.2) is 15.5 Å². The maximum absolute atomic E-state index is 13.7. The lowest BCUT2D eigenvalue weighted by Gasteiger charge is -2.23. The molecule has 0 saturated heterocycles. The van der Waals surface area contributed by atoms with Crippen molar-refractivity contribution < 1.29 is 8.81 Å². The van der Waals surface area contributed by atoms with Crippen molar-refractivity contribution in [2.24, 2.45) is 5.10 Å². The number of fused-ring (bicyclic) bond motifs is 1. The van der Waals surface area contributed by atoms with Crippen molar-refractivity contribution in [3.8, 4) is 17.1 Å². The van der Waals surface area contributed by atoms with Crippen LogP contribution < -0.4 is 5.01 Å². The van der Waals surface area contributed by atoms with Gasteiger partial charge in [0.1, 0.15) is 17.1 Å². The average Bonchev–Trinajstić information content (AvgIpc) is 3.71. The van der Waals surface area contributed by atoms with Gasteiger partial charge >= 0.3 is 0 Å². The number of furan rings is 1. The first-order valence-corrected chi connectivity index (χ1v) is 12.5.